The van der Waals surface area contributed by atoms with Gasteiger partial charge >= 0.3 is 0 Å². The maximum Gasteiger partial charge on any atom is 0.243 e. The van der Waals surface area contributed by atoms with Crippen molar-refractivity contribution in [1.82, 2.24) is 29.4 Å². The van der Waals surface area contributed by atoms with E-state index in [9.17, 15) is 13.2 Å². The van der Waals surface area contributed by atoms with Crippen LogP contribution < -0.4 is 0 Å². The van der Waals surface area contributed by atoms with Crippen LogP contribution in [0.1, 0.15) is 34.2 Å². The standard InChI is InChI=1S/C20H30N6O3S2/c1-13-14(2)16(4)19(17(5)15(13)3)31(28,29)26-10-8-25(9-11-26)18(27)7-12-30-20-21-22-23-24(20)6/h7-12H2,1-6H3. The third-order valence-electron chi connectivity index (χ3n) is 6.25. The van der Waals surface area contributed by atoms with E-state index in [1.165, 1.54) is 16.1 Å². The van der Waals surface area contributed by atoms with E-state index in [-0.39, 0.29) is 5.91 Å². The van der Waals surface area contributed by atoms with E-state index in [1.807, 2.05) is 34.6 Å². The highest BCUT2D eigenvalue weighted by Gasteiger charge is 2.33. The van der Waals surface area contributed by atoms with E-state index < -0.39 is 10.0 Å². The van der Waals surface area contributed by atoms with Crippen molar-refractivity contribution in [2.24, 2.45) is 7.05 Å². The Labute approximate surface area is 188 Å². The lowest BCUT2D eigenvalue weighted by Crippen LogP contribution is -2.50. The highest BCUT2D eigenvalue weighted by atomic mass is 32.2. The zero-order valence-electron chi connectivity index (χ0n) is 19.0. The topological polar surface area (TPSA) is 101 Å². The van der Waals surface area contributed by atoms with Crippen LogP contribution in [0.25, 0.3) is 0 Å². The molecule has 170 valence electrons. The number of aryl methyl sites for hydroxylation is 1. The molecule has 1 aliphatic rings. The number of piperazine rings is 1. The van der Waals surface area contributed by atoms with Crippen LogP contribution in [-0.2, 0) is 21.9 Å². The molecule has 3 rings (SSSR count). The molecule has 1 aromatic heterocycles. The number of tetrazole rings is 1. The van der Waals surface area contributed by atoms with Gasteiger partial charge in [0.15, 0.2) is 0 Å². The third-order valence-corrected chi connectivity index (χ3v) is 9.43. The summed E-state index contributed by atoms with van der Waals surface area (Å²) in [5.74, 6) is 0.598. The molecule has 0 N–H and O–H groups in total. The van der Waals surface area contributed by atoms with Crippen molar-refractivity contribution < 1.29 is 13.2 Å². The summed E-state index contributed by atoms with van der Waals surface area (Å²) in [5, 5.41) is 11.9. The van der Waals surface area contributed by atoms with Gasteiger partial charge in [0.05, 0.1) is 4.90 Å². The Morgan fingerprint density at radius 1 is 0.935 bits per heavy atom. The van der Waals surface area contributed by atoms with Gasteiger partial charge in [0.1, 0.15) is 0 Å². The number of benzene rings is 1. The van der Waals surface area contributed by atoms with E-state index in [0.29, 0.717) is 48.4 Å². The minimum Gasteiger partial charge on any atom is -0.340 e. The fourth-order valence-corrected chi connectivity index (χ4v) is 6.65. The van der Waals surface area contributed by atoms with Gasteiger partial charge in [0.25, 0.3) is 0 Å². The summed E-state index contributed by atoms with van der Waals surface area (Å²) >= 11 is 1.43. The SMILES string of the molecule is Cc1c(C)c(C)c(S(=O)(=O)N2CCN(C(=O)CCSc3nnnn3C)CC2)c(C)c1C. The number of rotatable bonds is 6. The second-order valence-electron chi connectivity index (χ2n) is 7.92. The molecule has 2 aromatic rings. The molecule has 0 bridgehead atoms. The van der Waals surface area contributed by atoms with Crippen molar-refractivity contribution in [3.8, 4) is 0 Å². The summed E-state index contributed by atoms with van der Waals surface area (Å²) in [6.07, 6.45) is 0.360. The molecule has 0 aliphatic carbocycles. The normalized spacial score (nSPS) is 15.5. The van der Waals surface area contributed by atoms with Gasteiger partial charge in [-0.15, -0.1) is 5.10 Å². The van der Waals surface area contributed by atoms with Gasteiger partial charge < -0.3 is 4.90 Å². The van der Waals surface area contributed by atoms with E-state index in [4.69, 9.17) is 0 Å². The summed E-state index contributed by atoms with van der Waals surface area (Å²) in [6, 6.07) is 0. The molecule has 9 nitrogen and oxygen atoms in total. The monoisotopic (exact) mass is 466 g/mol. The summed E-state index contributed by atoms with van der Waals surface area (Å²) in [6.45, 7) is 11.1. The zero-order valence-corrected chi connectivity index (χ0v) is 20.6. The number of amides is 1. The van der Waals surface area contributed by atoms with Crippen LogP contribution in [0.3, 0.4) is 0 Å². The first-order valence-corrected chi connectivity index (χ1v) is 12.7. The van der Waals surface area contributed by atoms with Crippen LogP contribution in [0.15, 0.2) is 10.1 Å². The maximum absolute atomic E-state index is 13.5. The number of hydrogen-bond acceptors (Lipinski definition) is 7. The van der Waals surface area contributed by atoms with E-state index in [2.05, 4.69) is 15.5 Å². The fourth-order valence-electron chi connectivity index (χ4n) is 3.89. The summed E-state index contributed by atoms with van der Waals surface area (Å²) in [7, 11) is -1.87. The number of carbonyl (C=O) groups is 1. The van der Waals surface area contributed by atoms with Crippen LogP contribution >= 0.6 is 11.8 Å². The average Bonchev–Trinajstić information content (AvgIpc) is 3.15. The largest absolute Gasteiger partial charge is 0.340 e. The zero-order chi connectivity index (χ0) is 22.9. The Kier molecular flexibility index (Phi) is 7.07. The average molecular weight is 467 g/mol. The number of thioether (sulfide) groups is 1. The number of nitrogens with zero attached hydrogens (tertiary/aromatic N) is 6. The Hall–Kier alpha value is -1.98. The molecule has 31 heavy (non-hydrogen) atoms. The molecular formula is C20H30N6O3S2. The molecule has 1 amide bonds. The Morgan fingerprint density at radius 3 is 2.00 bits per heavy atom. The van der Waals surface area contributed by atoms with Gasteiger partial charge in [-0.1, -0.05) is 11.8 Å². The third kappa shape index (κ3) is 4.63. The van der Waals surface area contributed by atoms with E-state index in [1.54, 1.807) is 16.6 Å². The van der Waals surface area contributed by atoms with Crippen LogP contribution in [0.5, 0.6) is 0 Å². The van der Waals surface area contributed by atoms with Crippen molar-refractivity contribution >= 4 is 27.7 Å². The van der Waals surface area contributed by atoms with Gasteiger partial charge in [-0.05, 0) is 72.9 Å². The number of hydrogen-bond donors (Lipinski definition) is 0. The summed E-state index contributed by atoms with van der Waals surface area (Å²) < 4.78 is 30.0. The lowest BCUT2D eigenvalue weighted by atomic mass is 9.95. The van der Waals surface area contributed by atoms with Gasteiger partial charge in [0.2, 0.25) is 21.1 Å². The second kappa shape index (κ2) is 9.25. The van der Waals surface area contributed by atoms with Crippen molar-refractivity contribution in [2.75, 3.05) is 31.9 Å². The Bertz CT molecular complexity index is 1060. The smallest absolute Gasteiger partial charge is 0.243 e. The number of aromatic nitrogens is 4. The highest BCUT2D eigenvalue weighted by Crippen LogP contribution is 2.32. The fraction of sp³-hybridized carbons (Fsp3) is 0.600. The van der Waals surface area contributed by atoms with Crippen LogP contribution in [-0.4, -0.2) is 75.7 Å². The molecule has 0 radical (unpaired) electrons. The highest BCUT2D eigenvalue weighted by molar-refractivity contribution is 7.99. The lowest BCUT2D eigenvalue weighted by Gasteiger charge is -2.35. The molecule has 1 aromatic carbocycles. The molecule has 1 saturated heterocycles. The maximum atomic E-state index is 13.5. The number of carbonyl (C=O) groups excluding carboxylic acids is 1. The predicted molar refractivity (Wildman–Crippen MR) is 120 cm³/mol. The van der Waals surface area contributed by atoms with E-state index in [0.717, 1.165) is 27.8 Å². The predicted octanol–water partition coefficient (Wildman–Crippen LogP) is 1.77. The summed E-state index contributed by atoms with van der Waals surface area (Å²) in [4.78, 5) is 14.7. The van der Waals surface area contributed by atoms with Crippen molar-refractivity contribution in [2.45, 2.75) is 51.1 Å². The molecule has 0 spiro atoms. The molecule has 1 aliphatic heterocycles. The first-order chi connectivity index (χ1) is 14.6. The van der Waals surface area contributed by atoms with Crippen LogP contribution in [0.4, 0.5) is 0 Å². The molecule has 0 unspecified atom stereocenters. The molecule has 2 heterocycles. The minimum atomic E-state index is -3.62. The lowest BCUT2D eigenvalue weighted by molar-refractivity contribution is -0.131. The van der Waals surface area contributed by atoms with Crippen LogP contribution in [0.2, 0.25) is 0 Å². The minimum absolute atomic E-state index is 0.0223. The summed E-state index contributed by atoms with van der Waals surface area (Å²) in [5.41, 5.74) is 4.81. The molecule has 0 saturated carbocycles. The van der Waals surface area contributed by atoms with Crippen molar-refractivity contribution in [3.63, 3.8) is 0 Å². The van der Waals surface area contributed by atoms with Gasteiger partial charge in [-0.2, -0.15) is 4.31 Å². The first kappa shape index (κ1) is 23.7. The van der Waals surface area contributed by atoms with Gasteiger partial charge in [-0.3, -0.25) is 4.79 Å². The van der Waals surface area contributed by atoms with Crippen molar-refractivity contribution in [1.29, 1.82) is 0 Å². The van der Waals surface area contributed by atoms with Gasteiger partial charge in [0, 0.05) is 45.4 Å². The molecule has 0 atom stereocenters. The Morgan fingerprint density at radius 2 is 1.48 bits per heavy atom. The Balaban J connectivity index is 1.64. The van der Waals surface area contributed by atoms with Crippen LogP contribution in [0, 0.1) is 34.6 Å². The second-order valence-corrected chi connectivity index (χ2v) is 10.9. The number of sulfonamides is 1. The molecule has 1 fully saturated rings. The van der Waals surface area contributed by atoms with E-state index >= 15 is 0 Å². The quantitative estimate of drug-likeness (QED) is 0.598. The van der Waals surface area contributed by atoms with Crippen molar-refractivity contribution in [3.05, 3.63) is 27.8 Å². The first-order valence-electron chi connectivity index (χ1n) is 10.3. The molecule has 11 heteroatoms. The van der Waals surface area contributed by atoms with Gasteiger partial charge in [-0.25, -0.2) is 13.1 Å². The molecular weight excluding hydrogens is 436 g/mol.